The van der Waals surface area contributed by atoms with Crippen LogP contribution in [0.1, 0.15) is 79.6 Å². The monoisotopic (exact) mass is 794 g/mol. The van der Waals surface area contributed by atoms with Crippen molar-refractivity contribution in [3.05, 3.63) is 116 Å². The average molecular weight is 795 g/mol. The minimum atomic E-state index is -1.08. The number of amides is 1. The van der Waals surface area contributed by atoms with Crippen LogP contribution < -0.4 is 20.7 Å². The van der Waals surface area contributed by atoms with Crippen LogP contribution in [0.3, 0.4) is 0 Å². The zero-order valence-electron chi connectivity index (χ0n) is 32.3. The van der Waals surface area contributed by atoms with Gasteiger partial charge < -0.3 is 19.9 Å². The first-order valence-corrected chi connectivity index (χ1v) is 19.9. The third-order valence-electron chi connectivity index (χ3n) is 12.0. The molecule has 2 fully saturated rings. The van der Waals surface area contributed by atoms with Crippen LogP contribution in [0, 0.1) is 11.6 Å². The maximum Gasteiger partial charge on any atom is 0.282 e. The van der Waals surface area contributed by atoms with E-state index in [1.165, 1.54) is 24.7 Å². The van der Waals surface area contributed by atoms with Gasteiger partial charge in [-0.2, -0.15) is 4.98 Å². The summed E-state index contributed by atoms with van der Waals surface area (Å²) in [5.41, 5.74) is 4.47. The molecule has 0 spiro atoms. The molecule has 3 aliphatic rings. The summed E-state index contributed by atoms with van der Waals surface area (Å²) in [6.07, 6.45) is 6.30. The Morgan fingerprint density at radius 1 is 0.982 bits per heavy atom. The molecule has 57 heavy (non-hydrogen) atoms. The Morgan fingerprint density at radius 3 is 2.39 bits per heavy atom. The van der Waals surface area contributed by atoms with Crippen molar-refractivity contribution in [3.8, 4) is 5.69 Å². The molecule has 2 aromatic heterocycles. The van der Waals surface area contributed by atoms with Crippen molar-refractivity contribution in [2.24, 2.45) is 0 Å². The summed E-state index contributed by atoms with van der Waals surface area (Å²) >= 11 is 6.49. The van der Waals surface area contributed by atoms with Crippen molar-refractivity contribution in [2.75, 3.05) is 56.1 Å². The van der Waals surface area contributed by atoms with Gasteiger partial charge in [0.15, 0.2) is 0 Å². The Balaban J connectivity index is 0.876. The molecule has 3 aliphatic heterocycles. The van der Waals surface area contributed by atoms with E-state index in [0.29, 0.717) is 61.0 Å². The number of piperazine rings is 1. The largest absolute Gasteiger partial charge is 0.369 e. The number of rotatable bonds is 10. The van der Waals surface area contributed by atoms with E-state index >= 15 is 8.78 Å². The van der Waals surface area contributed by atoms with E-state index in [2.05, 4.69) is 56.7 Å². The fraction of sp³-hybridized carbons (Fsp3) is 0.395. The Bertz CT molecular complexity index is 2380. The first kappa shape index (κ1) is 38.6. The number of nitrogens with one attached hydrogen (secondary N) is 1. The molecule has 5 aromatic rings. The number of aromatic nitrogens is 4. The predicted octanol–water partition coefficient (Wildman–Crippen LogP) is 6.26. The minimum Gasteiger partial charge on any atom is -0.369 e. The quantitative estimate of drug-likeness (QED) is 0.164. The first-order valence-electron chi connectivity index (χ1n) is 19.5. The lowest BCUT2D eigenvalue weighted by molar-refractivity contribution is -0.122. The number of carbonyl (C=O) groups is 2. The normalized spacial score (nSPS) is 17.4. The van der Waals surface area contributed by atoms with Crippen LogP contribution in [-0.2, 0) is 21.5 Å². The molecule has 8 rings (SSSR count). The van der Waals surface area contributed by atoms with Crippen molar-refractivity contribution >= 4 is 46.2 Å². The third kappa shape index (κ3) is 7.16. The van der Waals surface area contributed by atoms with Gasteiger partial charge in [0.2, 0.25) is 5.91 Å². The molecule has 0 radical (unpaired) electrons. The maximum atomic E-state index is 15.3. The SMILES string of the molecule is CNC(=O)C(CCC=O)c1c(F)cc(N2CCN(Cc3cnc(N4CCC(c5ccc6c(c5)-n5c(nc(=O)c7c(Cl)cccc75)C6(C)C)CC4)cn3)CC2)cc1F. The first-order chi connectivity index (χ1) is 27.5. The number of carbonyl (C=O) groups excluding carboxylic acids is 2. The molecule has 0 bridgehead atoms. The highest BCUT2D eigenvalue weighted by Crippen LogP contribution is 2.45. The van der Waals surface area contributed by atoms with Crippen LogP contribution in [0.4, 0.5) is 20.3 Å². The summed E-state index contributed by atoms with van der Waals surface area (Å²) in [7, 11) is 1.41. The number of benzene rings is 3. The number of halogens is 3. The van der Waals surface area contributed by atoms with E-state index in [0.717, 1.165) is 60.0 Å². The van der Waals surface area contributed by atoms with Gasteiger partial charge in [0, 0.05) is 70.5 Å². The number of aldehydes is 1. The molecule has 5 heterocycles. The van der Waals surface area contributed by atoms with E-state index in [9.17, 15) is 14.4 Å². The smallest absolute Gasteiger partial charge is 0.282 e. The van der Waals surface area contributed by atoms with Gasteiger partial charge in [-0.25, -0.2) is 13.8 Å². The van der Waals surface area contributed by atoms with Gasteiger partial charge in [-0.1, -0.05) is 29.8 Å². The van der Waals surface area contributed by atoms with Gasteiger partial charge in [0.05, 0.1) is 51.0 Å². The molecular weight excluding hydrogens is 750 g/mol. The molecule has 3 aromatic carbocycles. The van der Waals surface area contributed by atoms with Crippen LogP contribution in [0.2, 0.25) is 5.02 Å². The molecular formula is C43H45ClF2N8O3. The van der Waals surface area contributed by atoms with Gasteiger partial charge in [-0.05, 0) is 80.5 Å². The summed E-state index contributed by atoms with van der Waals surface area (Å²) in [5.74, 6) is -1.24. The van der Waals surface area contributed by atoms with Crippen molar-refractivity contribution in [1.29, 1.82) is 0 Å². The number of hydrogen-bond donors (Lipinski definition) is 1. The van der Waals surface area contributed by atoms with Crippen LogP contribution in [0.5, 0.6) is 0 Å². The van der Waals surface area contributed by atoms with Gasteiger partial charge in [0.25, 0.3) is 5.56 Å². The number of fused-ring (bicyclic) bond motifs is 5. The molecule has 11 nitrogen and oxygen atoms in total. The van der Waals surface area contributed by atoms with Gasteiger partial charge in [-0.15, -0.1) is 0 Å². The summed E-state index contributed by atoms with van der Waals surface area (Å²) in [4.78, 5) is 56.9. The van der Waals surface area contributed by atoms with Gasteiger partial charge in [0.1, 0.15) is 29.6 Å². The Labute approximate surface area is 334 Å². The van der Waals surface area contributed by atoms with Crippen molar-refractivity contribution in [3.63, 3.8) is 0 Å². The fourth-order valence-electron chi connectivity index (χ4n) is 8.86. The molecule has 1 unspecified atom stereocenters. The highest BCUT2D eigenvalue weighted by atomic mass is 35.5. The molecule has 14 heteroatoms. The van der Waals surface area contributed by atoms with Crippen LogP contribution in [0.15, 0.2) is 65.7 Å². The molecule has 296 valence electrons. The number of piperidine rings is 1. The van der Waals surface area contributed by atoms with E-state index in [1.807, 2.05) is 29.4 Å². The van der Waals surface area contributed by atoms with Gasteiger partial charge in [-0.3, -0.25) is 24.0 Å². The highest BCUT2D eigenvalue weighted by molar-refractivity contribution is 6.35. The Kier molecular flexibility index (Phi) is 10.6. The van der Waals surface area contributed by atoms with Gasteiger partial charge >= 0.3 is 0 Å². The molecule has 1 atom stereocenters. The summed E-state index contributed by atoms with van der Waals surface area (Å²) < 4.78 is 32.6. The van der Waals surface area contributed by atoms with Crippen LogP contribution in [0.25, 0.3) is 16.6 Å². The standard InChI is InChI=1S/C43H45ClF2N8O3/c1-43(2)31-10-9-27(20-36(31)54-35-8-4-7-32(44)39(35)41(57)50-42(43)54)26-11-13-53(14-12-26)37-24-48-28(23-49-37)25-51-15-17-52(18-16-51)29-21-33(45)38(34(46)22-29)30(6-5-19-55)40(56)47-3/h4,7-10,19-24,26,30H,5-6,11-18,25H2,1-3H3,(H,47,56). The van der Waals surface area contributed by atoms with Crippen molar-refractivity contribution in [2.45, 2.75) is 63.3 Å². The zero-order valence-corrected chi connectivity index (χ0v) is 33.0. The second-order valence-electron chi connectivity index (χ2n) is 15.7. The number of likely N-dealkylation sites (N-methyl/N-ethyl adjacent to an activating group) is 1. The molecule has 1 amide bonds. The summed E-state index contributed by atoms with van der Waals surface area (Å²) in [5, 5.41) is 3.30. The van der Waals surface area contributed by atoms with Crippen molar-refractivity contribution in [1.82, 2.24) is 29.7 Å². The Morgan fingerprint density at radius 2 is 1.72 bits per heavy atom. The van der Waals surface area contributed by atoms with E-state index < -0.39 is 28.9 Å². The summed E-state index contributed by atoms with van der Waals surface area (Å²) in [6, 6.07) is 14.8. The number of anilines is 2. The van der Waals surface area contributed by atoms with Crippen LogP contribution in [-0.4, -0.2) is 82.9 Å². The second-order valence-corrected chi connectivity index (χ2v) is 16.1. The lowest BCUT2D eigenvalue weighted by Gasteiger charge is -2.36. The topological polar surface area (TPSA) is 117 Å². The van der Waals surface area contributed by atoms with E-state index in [4.69, 9.17) is 21.6 Å². The second kappa shape index (κ2) is 15.6. The summed E-state index contributed by atoms with van der Waals surface area (Å²) in [6.45, 7) is 9.01. The molecule has 0 saturated carbocycles. The lowest BCUT2D eigenvalue weighted by Crippen LogP contribution is -2.46. The van der Waals surface area contributed by atoms with Crippen LogP contribution >= 0.6 is 11.6 Å². The predicted molar refractivity (Wildman–Crippen MR) is 217 cm³/mol. The number of hydrogen-bond acceptors (Lipinski definition) is 9. The number of nitrogens with zero attached hydrogens (tertiary/aromatic N) is 7. The minimum absolute atomic E-state index is 0.0263. The molecule has 2 saturated heterocycles. The third-order valence-corrected chi connectivity index (χ3v) is 12.3. The Hall–Kier alpha value is -5.27. The lowest BCUT2D eigenvalue weighted by atomic mass is 9.83. The molecule has 1 N–H and O–H groups in total. The highest BCUT2D eigenvalue weighted by Gasteiger charge is 2.39. The average Bonchev–Trinajstić information content (AvgIpc) is 3.44. The zero-order chi connectivity index (χ0) is 40.0. The van der Waals surface area contributed by atoms with E-state index in [1.54, 1.807) is 6.07 Å². The van der Waals surface area contributed by atoms with Crippen molar-refractivity contribution < 1.29 is 18.4 Å². The fourth-order valence-corrected chi connectivity index (χ4v) is 9.11. The molecule has 0 aliphatic carbocycles. The maximum absolute atomic E-state index is 15.3. The van der Waals surface area contributed by atoms with E-state index in [-0.39, 0.29) is 24.0 Å².